The molecule has 0 fully saturated rings. The summed E-state index contributed by atoms with van der Waals surface area (Å²) in [4.78, 5) is 19.7. The van der Waals surface area contributed by atoms with Crippen molar-refractivity contribution in [1.82, 2.24) is 14.5 Å². The summed E-state index contributed by atoms with van der Waals surface area (Å²) in [5, 5.41) is 0. The van der Waals surface area contributed by atoms with Gasteiger partial charge in [0.2, 0.25) is 5.95 Å². The number of hydrogen-bond acceptors (Lipinski definition) is 5. The van der Waals surface area contributed by atoms with Gasteiger partial charge in [0.25, 0.3) is 5.56 Å². The smallest absolute Gasteiger partial charge is 0.425 e. The standard InChI is InChI=1S/C25H25F3N4O2/c1-16(25(26,27)28)34-17(2)31-14-13-20-21(15-31)30-24(29)32(23(20)33)22(18-9-5-3-6-10-18)19-11-7-4-8-12-19/h3-12,16,22H,2,13-15H2,1H3,(H2,29,30). The summed E-state index contributed by atoms with van der Waals surface area (Å²) in [6.07, 6.45) is -6.22. The molecule has 1 unspecified atom stereocenters. The highest BCUT2D eigenvalue weighted by Crippen LogP contribution is 2.30. The summed E-state index contributed by atoms with van der Waals surface area (Å²) in [5.41, 5.74) is 8.70. The fourth-order valence-electron chi connectivity index (χ4n) is 4.09. The van der Waals surface area contributed by atoms with Crippen molar-refractivity contribution in [3.05, 3.63) is 106 Å². The molecule has 6 nitrogen and oxygen atoms in total. The molecule has 0 radical (unpaired) electrons. The average Bonchev–Trinajstić information content (AvgIpc) is 2.81. The minimum atomic E-state index is -4.50. The number of alkyl halides is 3. The SMILES string of the molecule is C=C(OC(C)C(F)(F)F)N1CCc2c(nc(N)n(C(c3ccccc3)c3ccccc3)c2=O)C1. The van der Waals surface area contributed by atoms with E-state index in [0.717, 1.165) is 18.1 Å². The van der Waals surface area contributed by atoms with E-state index in [2.05, 4.69) is 11.6 Å². The fourth-order valence-corrected chi connectivity index (χ4v) is 4.09. The van der Waals surface area contributed by atoms with Crippen LogP contribution >= 0.6 is 0 Å². The molecule has 0 saturated heterocycles. The maximum atomic E-state index is 13.6. The first-order chi connectivity index (χ1) is 16.2. The molecule has 178 valence electrons. The van der Waals surface area contributed by atoms with Gasteiger partial charge in [0.1, 0.15) is 0 Å². The van der Waals surface area contributed by atoms with Gasteiger partial charge >= 0.3 is 6.18 Å². The van der Waals surface area contributed by atoms with Crippen LogP contribution in [0, 0.1) is 0 Å². The first-order valence-electron chi connectivity index (χ1n) is 10.8. The van der Waals surface area contributed by atoms with Crippen LogP contribution in [0.15, 0.2) is 77.9 Å². The predicted molar refractivity (Wildman–Crippen MR) is 123 cm³/mol. The molecular formula is C25H25F3N4O2. The first-order valence-corrected chi connectivity index (χ1v) is 10.8. The van der Waals surface area contributed by atoms with Crippen molar-refractivity contribution in [3.63, 3.8) is 0 Å². The number of halogens is 3. The van der Waals surface area contributed by atoms with Gasteiger partial charge in [-0.3, -0.25) is 9.36 Å². The molecule has 1 aliphatic heterocycles. The molecule has 0 aliphatic carbocycles. The van der Waals surface area contributed by atoms with E-state index in [-0.39, 0.29) is 36.9 Å². The van der Waals surface area contributed by atoms with Gasteiger partial charge < -0.3 is 15.4 Å². The molecule has 0 saturated carbocycles. The van der Waals surface area contributed by atoms with Crippen molar-refractivity contribution >= 4 is 5.95 Å². The Balaban J connectivity index is 1.70. The van der Waals surface area contributed by atoms with Crippen molar-refractivity contribution in [2.75, 3.05) is 12.3 Å². The molecule has 0 spiro atoms. The second-order valence-corrected chi connectivity index (χ2v) is 8.16. The molecule has 4 rings (SSSR count). The molecule has 1 atom stereocenters. The third kappa shape index (κ3) is 4.64. The highest BCUT2D eigenvalue weighted by Gasteiger charge is 2.39. The molecule has 9 heteroatoms. The van der Waals surface area contributed by atoms with Crippen LogP contribution in [0.25, 0.3) is 0 Å². The summed E-state index contributed by atoms with van der Waals surface area (Å²) < 4.78 is 45.0. The van der Waals surface area contributed by atoms with Crippen LogP contribution in [-0.2, 0) is 17.7 Å². The summed E-state index contributed by atoms with van der Waals surface area (Å²) >= 11 is 0. The molecule has 0 amide bonds. The molecule has 2 N–H and O–H groups in total. The summed E-state index contributed by atoms with van der Waals surface area (Å²) in [6.45, 7) is 4.92. The van der Waals surface area contributed by atoms with Crippen LogP contribution in [0.4, 0.5) is 19.1 Å². The lowest BCUT2D eigenvalue weighted by molar-refractivity contribution is -0.209. The van der Waals surface area contributed by atoms with Gasteiger partial charge in [-0.05, 0) is 31.1 Å². The third-order valence-corrected chi connectivity index (χ3v) is 5.91. The van der Waals surface area contributed by atoms with Crippen LogP contribution in [0.3, 0.4) is 0 Å². The molecule has 2 aromatic carbocycles. The Morgan fingerprint density at radius 2 is 1.65 bits per heavy atom. The molecule has 3 aromatic rings. The molecule has 34 heavy (non-hydrogen) atoms. The maximum absolute atomic E-state index is 13.6. The van der Waals surface area contributed by atoms with Crippen molar-refractivity contribution in [2.45, 2.75) is 38.2 Å². The first kappa shape index (κ1) is 23.4. The zero-order valence-corrected chi connectivity index (χ0v) is 18.6. The van der Waals surface area contributed by atoms with Gasteiger partial charge in [-0.2, -0.15) is 13.2 Å². The number of nitrogen functional groups attached to an aromatic ring is 1. The van der Waals surface area contributed by atoms with Crippen molar-refractivity contribution in [1.29, 1.82) is 0 Å². The van der Waals surface area contributed by atoms with Gasteiger partial charge in [0.05, 0.1) is 18.3 Å². The minimum Gasteiger partial charge on any atom is -0.467 e. The molecule has 2 heterocycles. The molecule has 1 aromatic heterocycles. The fraction of sp³-hybridized carbons (Fsp3) is 0.280. The average molecular weight is 470 g/mol. The summed E-state index contributed by atoms with van der Waals surface area (Å²) in [6, 6.07) is 18.6. The highest BCUT2D eigenvalue weighted by molar-refractivity contribution is 5.39. The highest BCUT2D eigenvalue weighted by atomic mass is 19.4. The molecule has 0 bridgehead atoms. The molecule has 1 aliphatic rings. The Hall–Kier alpha value is -3.75. The van der Waals surface area contributed by atoms with Crippen LogP contribution < -0.4 is 11.3 Å². The zero-order valence-electron chi connectivity index (χ0n) is 18.6. The quantitative estimate of drug-likeness (QED) is 0.545. The van der Waals surface area contributed by atoms with Gasteiger partial charge in [-0.15, -0.1) is 0 Å². The zero-order chi connectivity index (χ0) is 24.5. The monoisotopic (exact) mass is 470 g/mol. The number of nitrogens with zero attached hydrogens (tertiary/aromatic N) is 3. The van der Waals surface area contributed by atoms with Gasteiger partial charge in [0.15, 0.2) is 12.0 Å². The summed E-state index contributed by atoms with van der Waals surface area (Å²) in [5.74, 6) is -0.0926. The van der Waals surface area contributed by atoms with Crippen LogP contribution in [0.1, 0.15) is 35.3 Å². The number of ether oxygens (including phenoxy) is 1. The Bertz CT molecular complexity index is 1190. The van der Waals surface area contributed by atoms with Gasteiger partial charge in [0, 0.05) is 12.1 Å². The van der Waals surface area contributed by atoms with Crippen LogP contribution in [0.5, 0.6) is 0 Å². The van der Waals surface area contributed by atoms with Crippen molar-refractivity contribution in [2.24, 2.45) is 0 Å². The minimum absolute atomic E-state index is 0.0264. The number of aromatic nitrogens is 2. The summed E-state index contributed by atoms with van der Waals surface area (Å²) in [7, 11) is 0. The number of anilines is 1. The van der Waals surface area contributed by atoms with Crippen LogP contribution in [0.2, 0.25) is 0 Å². The van der Waals surface area contributed by atoms with Gasteiger partial charge in [-0.1, -0.05) is 60.7 Å². The lowest BCUT2D eigenvalue weighted by Gasteiger charge is -2.33. The van der Waals surface area contributed by atoms with Crippen molar-refractivity contribution < 1.29 is 17.9 Å². The number of nitrogens with two attached hydrogens (primary N) is 1. The lowest BCUT2D eigenvalue weighted by atomic mass is 9.97. The predicted octanol–water partition coefficient (Wildman–Crippen LogP) is 4.26. The topological polar surface area (TPSA) is 73.4 Å². The lowest BCUT2D eigenvalue weighted by Crippen LogP contribution is -2.40. The third-order valence-electron chi connectivity index (χ3n) is 5.91. The van der Waals surface area contributed by atoms with Crippen LogP contribution in [-0.4, -0.2) is 33.3 Å². The van der Waals surface area contributed by atoms with E-state index < -0.39 is 18.3 Å². The second kappa shape index (κ2) is 9.24. The number of benzene rings is 2. The number of rotatable bonds is 6. The van der Waals surface area contributed by atoms with E-state index in [9.17, 15) is 18.0 Å². The van der Waals surface area contributed by atoms with Crippen molar-refractivity contribution in [3.8, 4) is 0 Å². The van der Waals surface area contributed by atoms with E-state index >= 15 is 0 Å². The Labute approximate surface area is 195 Å². The van der Waals surface area contributed by atoms with E-state index in [1.165, 1.54) is 9.47 Å². The van der Waals surface area contributed by atoms with E-state index in [1.54, 1.807) is 0 Å². The Morgan fingerprint density at radius 3 is 2.18 bits per heavy atom. The largest absolute Gasteiger partial charge is 0.467 e. The van der Waals surface area contributed by atoms with E-state index in [4.69, 9.17) is 10.5 Å². The number of fused-ring (bicyclic) bond motifs is 1. The maximum Gasteiger partial charge on any atom is 0.425 e. The Kier molecular flexibility index (Phi) is 6.37. The number of hydrogen-bond donors (Lipinski definition) is 1. The van der Waals surface area contributed by atoms with E-state index in [0.29, 0.717) is 11.3 Å². The van der Waals surface area contributed by atoms with E-state index in [1.807, 2.05) is 60.7 Å². The molecular weight excluding hydrogens is 445 g/mol. The second-order valence-electron chi connectivity index (χ2n) is 8.16. The Morgan fingerprint density at radius 1 is 1.09 bits per heavy atom. The normalized spacial score (nSPS) is 14.6. The van der Waals surface area contributed by atoms with Gasteiger partial charge in [-0.25, -0.2) is 4.98 Å².